The van der Waals surface area contributed by atoms with E-state index in [2.05, 4.69) is 64.8 Å². The number of aromatic nitrogens is 3. The monoisotopic (exact) mass is 407 g/mol. The summed E-state index contributed by atoms with van der Waals surface area (Å²) in [5.41, 5.74) is 5.82. The molecule has 0 aliphatic heterocycles. The van der Waals surface area contributed by atoms with Crippen molar-refractivity contribution in [2.24, 2.45) is 0 Å². The zero-order valence-corrected chi connectivity index (χ0v) is 18.8. The fraction of sp³-hybridized carbons (Fsp3) is 0.458. The van der Waals surface area contributed by atoms with Gasteiger partial charge in [-0.2, -0.15) is 0 Å². The van der Waals surface area contributed by atoms with Gasteiger partial charge in [-0.25, -0.2) is 9.97 Å². The van der Waals surface area contributed by atoms with E-state index < -0.39 is 0 Å². The van der Waals surface area contributed by atoms with Crippen LogP contribution in [0.25, 0.3) is 11.0 Å². The van der Waals surface area contributed by atoms with E-state index in [9.17, 15) is 4.79 Å². The maximum absolute atomic E-state index is 11.2. The number of anilines is 1. The van der Waals surface area contributed by atoms with Gasteiger partial charge in [-0.05, 0) is 70.9 Å². The highest BCUT2D eigenvalue weighted by molar-refractivity contribution is 5.91. The number of ketones is 1. The Kier molecular flexibility index (Phi) is 7.21. The number of benzene rings is 1. The molecule has 30 heavy (non-hydrogen) atoms. The number of Topliss-reactive ketones (excluding diaryl/α,β-unsaturated/α-hetero) is 1. The molecule has 2 heterocycles. The molecule has 1 aromatic carbocycles. The molecule has 3 rings (SSSR count). The average Bonchev–Trinajstić information content (AvgIpc) is 2.94. The predicted octanol–water partition coefficient (Wildman–Crippen LogP) is 3.79. The van der Waals surface area contributed by atoms with Crippen LogP contribution in [0.15, 0.2) is 30.6 Å². The van der Waals surface area contributed by atoms with Crippen LogP contribution in [-0.2, 0) is 24.2 Å². The molecule has 0 radical (unpaired) electrons. The molecule has 0 saturated heterocycles. The molecule has 6 heteroatoms. The first-order chi connectivity index (χ1) is 14.4. The van der Waals surface area contributed by atoms with E-state index in [-0.39, 0.29) is 5.78 Å². The smallest absolute Gasteiger partial charge is 0.145 e. The van der Waals surface area contributed by atoms with Crippen LogP contribution in [-0.4, -0.2) is 52.4 Å². The second-order valence-corrected chi connectivity index (χ2v) is 8.31. The quantitative estimate of drug-likeness (QED) is 0.554. The van der Waals surface area contributed by atoms with Crippen molar-refractivity contribution in [2.75, 3.05) is 32.5 Å². The van der Waals surface area contributed by atoms with E-state index in [0.29, 0.717) is 6.42 Å². The number of carbonyl (C=O) groups is 1. The van der Waals surface area contributed by atoms with Crippen molar-refractivity contribution >= 4 is 22.6 Å². The highest BCUT2D eigenvalue weighted by atomic mass is 16.1. The molecule has 3 aromatic rings. The Balaban J connectivity index is 1.69. The number of carbonyl (C=O) groups excluding carboxylic acids is 1. The van der Waals surface area contributed by atoms with E-state index in [4.69, 9.17) is 0 Å². The van der Waals surface area contributed by atoms with Gasteiger partial charge >= 0.3 is 0 Å². The zero-order chi connectivity index (χ0) is 21.7. The Morgan fingerprint density at radius 2 is 1.80 bits per heavy atom. The summed E-state index contributed by atoms with van der Waals surface area (Å²) in [6.07, 6.45) is 4.14. The van der Waals surface area contributed by atoms with Crippen LogP contribution in [0.4, 0.5) is 5.82 Å². The first-order valence-electron chi connectivity index (χ1n) is 10.6. The van der Waals surface area contributed by atoms with Crippen molar-refractivity contribution in [1.29, 1.82) is 0 Å². The number of aryl methyl sites for hydroxylation is 2. The van der Waals surface area contributed by atoms with Gasteiger partial charge in [0.2, 0.25) is 0 Å². The number of nitrogens with one attached hydrogen (secondary N) is 1. The van der Waals surface area contributed by atoms with Crippen LogP contribution in [0.2, 0.25) is 0 Å². The second kappa shape index (κ2) is 9.85. The minimum atomic E-state index is 0.191. The van der Waals surface area contributed by atoms with Crippen molar-refractivity contribution in [1.82, 2.24) is 19.4 Å². The molecule has 0 saturated carbocycles. The lowest BCUT2D eigenvalue weighted by Crippen LogP contribution is -2.15. The van der Waals surface area contributed by atoms with Gasteiger partial charge in [-0.15, -0.1) is 0 Å². The van der Waals surface area contributed by atoms with Gasteiger partial charge in [0.05, 0.1) is 5.39 Å². The average molecular weight is 408 g/mol. The zero-order valence-electron chi connectivity index (χ0n) is 18.8. The van der Waals surface area contributed by atoms with Gasteiger partial charge < -0.3 is 14.8 Å². The Hall–Kier alpha value is -2.73. The highest BCUT2D eigenvalue weighted by Crippen LogP contribution is 2.28. The fourth-order valence-corrected chi connectivity index (χ4v) is 3.86. The first kappa shape index (κ1) is 22.0. The summed E-state index contributed by atoms with van der Waals surface area (Å²) in [7, 11) is 4.21. The summed E-state index contributed by atoms with van der Waals surface area (Å²) in [6, 6.07) is 8.29. The van der Waals surface area contributed by atoms with Crippen molar-refractivity contribution < 1.29 is 4.79 Å². The van der Waals surface area contributed by atoms with E-state index in [1.54, 1.807) is 13.3 Å². The number of hydrogen-bond acceptors (Lipinski definition) is 5. The standard InChI is InChI=1S/C24H33N5O/c1-17(30)15-21-9-7-20(8-10-21)11-12-25-23-22-18(2)19(3)29(14-6-13-28(4)5)24(22)27-16-26-23/h7-10,16H,6,11-15H2,1-5H3,(H,25,26,27). The molecule has 0 amide bonds. The minimum Gasteiger partial charge on any atom is -0.369 e. The van der Waals surface area contributed by atoms with Crippen LogP contribution in [0.1, 0.15) is 35.7 Å². The third kappa shape index (κ3) is 5.25. The molecule has 0 aliphatic rings. The number of hydrogen-bond donors (Lipinski definition) is 1. The predicted molar refractivity (Wildman–Crippen MR) is 123 cm³/mol. The summed E-state index contributed by atoms with van der Waals surface area (Å²) < 4.78 is 2.31. The van der Waals surface area contributed by atoms with Gasteiger partial charge in [0.1, 0.15) is 23.6 Å². The van der Waals surface area contributed by atoms with Crippen LogP contribution < -0.4 is 5.32 Å². The van der Waals surface area contributed by atoms with E-state index in [1.165, 1.54) is 16.8 Å². The van der Waals surface area contributed by atoms with Crippen LogP contribution in [0.3, 0.4) is 0 Å². The molecule has 0 unspecified atom stereocenters. The molecular weight excluding hydrogens is 374 g/mol. The van der Waals surface area contributed by atoms with E-state index in [1.807, 2.05) is 12.1 Å². The minimum absolute atomic E-state index is 0.191. The van der Waals surface area contributed by atoms with E-state index >= 15 is 0 Å². The molecule has 160 valence electrons. The van der Waals surface area contributed by atoms with Crippen LogP contribution in [0.5, 0.6) is 0 Å². The van der Waals surface area contributed by atoms with Gasteiger partial charge in [0, 0.05) is 25.2 Å². The summed E-state index contributed by atoms with van der Waals surface area (Å²) in [5, 5.41) is 4.63. The number of nitrogens with zero attached hydrogens (tertiary/aromatic N) is 4. The summed E-state index contributed by atoms with van der Waals surface area (Å²) >= 11 is 0. The normalized spacial score (nSPS) is 11.4. The second-order valence-electron chi connectivity index (χ2n) is 8.31. The molecule has 0 aliphatic carbocycles. The maximum atomic E-state index is 11.2. The van der Waals surface area contributed by atoms with Crippen LogP contribution in [0, 0.1) is 13.8 Å². The fourth-order valence-electron chi connectivity index (χ4n) is 3.86. The molecule has 0 atom stereocenters. The van der Waals surface area contributed by atoms with E-state index in [0.717, 1.165) is 54.9 Å². The third-order valence-electron chi connectivity index (χ3n) is 5.57. The van der Waals surface area contributed by atoms with Gasteiger partial charge in [-0.1, -0.05) is 24.3 Å². The molecular formula is C24H33N5O. The molecule has 6 nitrogen and oxygen atoms in total. The largest absolute Gasteiger partial charge is 0.369 e. The van der Waals surface area contributed by atoms with Crippen molar-refractivity contribution in [3.8, 4) is 0 Å². The Labute approximate surface area is 179 Å². The lowest BCUT2D eigenvalue weighted by molar-refractivity contribution is -0.116. The van der Waals surface area contributed by atoms with Crippen molar-refractivity contribution in [3.63, 3.8) is 0 Å². The highest BCUT2D eigenvalue weighted by Gasteiger charge is 2.16. The molecule has 0 spiro atoms. The number of rotatable bonds is 10. The van der Waals surface area contributed by atoms with Crippen LogP contribution >= 0.6 is 0 Å². The number of fused-ring (bicyclic) bond motifs is 1. The van der Waals surface area contributed by atoms with Gasteiger partial charge in [0.15, 0.2) is 0 Å². The molecule has 2 aromatic heterocycles. The lowest BCUT2D eigenvalue weighted by Gasteiger charge is -2.12. The Morgan fingerprint density at radius 3 is 2.47 bits per heavy atom. The SMILES string of the molecule is CC(=O)Cc1ccc(CCNc2ncnc3c2c(C)c(C)n3CCCN(C)C)cc1. The molecule has 0 bridgehead atoms. The third-order valence-corrected chi connectivity index (χ3v) is 5.57. The summed E-state index contributed by atoms with van der Waals surface area (Å²) in [6.45, 7) is 8.75. The first-order valence-corrected chi connectivity index (χ1v) is 10.6. The maximum Gasteiger partial charge on any atom is 0.145 e. The van der Waals surface area contributed by atoms with Crippen molar-refractivity contribution in [3.05, 3.63) is 53.0 Å². The van der Waals surface area contributed by atoms with Gasteiger partial charge in [-0.3, -0.25) is 4.79 Å². The topological polar surface area (TPSA) is 63.1 Å². The molecule has 1 N–H and O–H groups in total. The van der Waals surface area contributed by atoms with Gasteiger partial charge in [0.25, 0.3) is 0 Å². The Bertz CT molecular complexity index is 1000. The Morgan fingerprint density at radius 1 is 1.10 bits per heavy atom. The lowest BCUT2D eigenvalue weighted by atomic mass is 10.1. The van der Waals surface area contributed by atoms with Crippen molar-refractivity contribution in [2.45, 2.75) is 46.6 Å². The molecule has 0 fully saturated rings. The summed E-state index contributed by atoms with van der Waals surface area (Å²) in [5.74, 6) is 1.09. The summed E-state index contributed by atoms with van der Waals surface area (Å²) in [4.78, 5) is 22.6.